The molecule has 6 heteroatoms. The van der Waals surface area contributed by atoms with E-state index in [2.05, 4.69) is 6.58 Å². The molecule has 1 aliphatic rings. The van der Waals surface area contributed by atoms with E-state index in [4.69, 9.17) is 27.9 Å². The van der Waals surface area contributed by atoms with Gasteiger partial charge in [-0.2, -0.15) is 0 Å². The summed E-state index contributed by atoms with van der Waals surface area (Å²) in [4.78, 5) is 35.8. The number of carbonyl (C=O) groups is 3. The first kappa shape index (κ1) is 17.2. The molecule has 0 aliphatic heterocycles. The van der Waals surface area contributed by atoms with Gasteiger partial charge < -0.3 is 4.74 Å². The predicted molar refractivity (Wildman–Crippen MR) is 76.5 cm³/mol. The zero-order chi connectivity index (χ0) is 15.6. The summed E-state index contributed by atoms with van der Waals surface area (Å²) in [5.74, 6) is -0.739. The quantitative estimate of drug-likeness (QED) is 0.443. The Morgan fingerprint density at radius 2 is 1.70 bits per heavy atom. The lowest BCUT2D eigenvalue weighted by atomic mass is 9.62. The van der Waals surface area contributed by atoms with Gasteiger partial charge in [-0.3, -0.25) is 9.59 Å². The third-order valence-corrected chi connectivity index (χ3v) is 4.74. The maximum Gasteiger partial charge on any atom is 0.334 e. The molecule has 0 amide bonds. The first-order valence-electron chi connectivity index (χ1n) is 6.52. The van der Waals surface area contributed by atoms with Gasteiger partial charge in [-0.05, 0) is 55.8 Å². The Morgan fingerprint density at radius 3 is 2.10 bits per heavy atom. The summed E-state index contributed by atoms with van der Waals surface area (Å²) in [6, 6.07) is 0. The second kappa shape index (κ2) is 6.27. The standard InChI is InChI=1S/C14H18Cl2O4/c1-4-13(11(15)18)7-5-6-8-14(13,12(16)19)20-10(17)9(2)3/h2,4-8H2,1,3H3. The van der Waals surface area contributed by atoms with E-state index in [0.717, 1.165) is 6.42 Å². The molecule has 1 rings (SSSR count). The lowest BCUT2D eigenvalue weighted by Gasteiger charge is -2.47. The van der Waals surface area contributed by atoms with Gasteiger partial charge in [0, 0.05) is 5.57 Å². The third kappa shape index (κ3) is 2.63. The van der Waals surface area contributed by atoms with Crippen LogP contribution in [0.2, 0.25) is 0 Å². The molecule has 0 radical (unpaired) electrons. The van der Waals surface area contributed by atoms with Gasteiger partial charge >= 0.3 is 5.97 Å². The van der Waals surface area contributed by atoms with Crippen LogP contribution < -0.4 is 0 Å². The SMILES string of the molecule is C=C(C)C(=O)OC1(C(=O)Cl)CCCCC1(CC)C(=O)Cl. The fourth-order valence-corrected chi connectivity index (χ4v) is 3.52. The summed E-state index contributed by atoms with van der Waals surface area (Å²) in [5.41, 5.74) is -2.83. The van der Waals surface area contributed by atoms with Crippen molar-refractivity contribution in [2.75, 3.05) is 0 Å². The molecule has 1 saturated carbocycles. The van der Waals surface area contributed by atoms with Crippen LogP contribution in [0.25, 0.3) is 0 Å². The highest BCUT2D eigenvalue weighted by atomic mass is 35.5. The van der Waals surface area contributed by atoms with Gasteiger partial charge in [-0.1, -0.05) is 19.9 Å². The molecular weight excluding hydrogens is 303 g/mol. The molecule has 0 heterocycles. The second-order valence-electron chi connectivity index (χ2n) is 5.19. The summed E-state index contributed by atoms with van der Waals surface area (Å²) in [7, 11) is 0. The molecule has 0 aromatic heterocycles. The highest BCUT2D eigenvalue weighted by Crippen LogP contribution is 2.52. The van der Waals surface area contributed by atoms with E-state index in [0.29, 0.717) is 12.8 Å². The Bertz CT molecular complexity index is 460. The van der Waals surface area contributed by atoms with E-state index in [-0.39, 0.29) is 18.4 Å². The van der Waals surface area contributed by atoms with Crippen LogP contribution in [0.3, 0.4) is 0 Å². The molecule has 0 aromatic carbocycles. The van der Waals surface area contributed by atoms with Crippen molar-refractivity contribution in [1.29, 1.82) is 0 Å². The van der Waals surface area contributed by atoms with Gasteiger partial charge in [0.15, 0.2) is 5.60 Å². The fourth-order valence-electron chi connectivity index (χ4n) is 2.82. The van der Waals surface area contributed by atoms with E-state index in [1.807, 2.05) is 0 Å². The molecule has 1 fully saturated rings. The van der Waals surface area contributed by atoms with Crippen molar-refractivity contribution in [3.05, 3.63) is 12.2 Å². The largest absolute Gasteiger partial charge is 0.445 e. The maximum atomic E-state index is 12.0. The first-order chi connectivity index (χ1) is 9.23. The molecule has 0 bridgehead atoms. The molecule has 2 unspecified atom stereocenters. The van der Waals surface area contributed by atoms with Crippen molar-refractivity contribution in [2.24, 2.45) is 5.41 Å². The molecule has 4 nitrogen and oxygen atoms in total. The highest BCUT2D eigenvalue weighted by molar-refractivity contribution is 6.68. The molecule has 112 valence electrons. The van der Waals surface area contributed by atoms with E-state index in [1.54, 1.807) is 6.92 Å². The minimum absolute atomic E-state index is 0.139. The first-order valence-corrected chi connectivity index (χ1v) is 7.28. The third-order valence-electron chi connectivity index (χ3n) is 4.07. The molecular formula is C14H18Cl2O4. The summed E-state index contributed by atoms with van der Waals surface area (Å²) >= 11 is 11.5. The Balaban J connectivity index is 3.38. The van der Waals surface area contributed by atoms with Crippen LogP contribution in [0.4, 0.5) is 0 Å². The molecule has 2 atom stereocenters. The Kier molecular flexibility index (Phi) is 5.39. The van der Waals surface area contributed by atoms with Gasteiger partial charge in [0.05, 0.1) is 5.41 Å². The zero-order valence-electron chi connectivity index (χ0n) is 11.6. The molecule has 20 heavy (non-hydrogen) atoms. The van der Waals surface area contributed by atoms with Crippen molar-refractivity contribution >= 4 is 39.7 Å². The molecule has 0 spiro atoms. The Labute approximate surface area is 128 Å². The van der Waals surface area contributed by atoms with Gasteiger partial charge in [-0.15, -0.1) is 0 Å². The summed E-state index contributed by atoms with van der Waals surface area (Å²) < 4.78 is 5.34. The van der Waals surface area contributed by atoms with Crippen LogP contribution >= 0.6 is 23.2 Å². The average molecular weight is 321 g/mol. The minimum Gasteiger partial charge on any atom is -0.445 e. The average Bonchev–Trinajstić information content (AvgIpc) is 2.38. The minimum atomic E-state index is -1.70. The summed E-state index contributed by atoms with van der Waals surface area (Å²) in [6.45, 7) is 6.68. The van der Waals surface area contributed by atoms with Crippen molar-refractivity contribution < 1.29 is 19.1 Å². The molecule has 0 N–H and O–H groups in total. The van der Waals surface area contributed by atoms with Crippen LogP contribution in [0.15, 0.2) is 12.2 Å². The van der Waals surface area contributed by atoms with Crippen LogP contribution in [-0.2, 0) is 19.1 Å². The predicted octanol–water partition coefficient (Wildman–Crippen LogP) is 3.35. The van der Waals surface area contributed by atoms with Gasteiger partial charge in [0.2, 0.25) is 5.24 Å². The Hall–Kier alpha value is -0.870. The van der Waals surface area contributed by atoms with E-state index in [1.165, 1.54) is 6.92 Å². The lowest BCUT2D eigenvalue weighted by molar-refractivity contribution is -0.185. The fraction of sp³-hybridized carbons (Fsp3) is 0.643. The zero-order valence-corrected chi connectivity index (χ0v) is 13.1. The smallest absolute Gasteiger partial charge is 0.334 e. The van der Waals surface area contributed by atoms with E-state index < -0.39 is 27.5 Å². The van der Waals surface area contributed by atoms with Crippen molar-refractivity contribution in [2.45, 2.75) is 51.6 Å². The molecule has 1 aliphatic carbocycles. The van der Waals surface area contributed by atoms with Gasteiger partial charge in [0.25, 0.3) is 5.24 Å². The number of hydrogen-bond donors (Lipinski definition) is 0. The monoisotopic (exact) mass is 320 g/mol. The van der Waals surface area contributed by atoms with Gasteiger partial charge in [-0.25, -0.2) is 4.79 Å². The highest BCUT2D eigenvalue weighted by Gasteiger charge is 2.62. The maximum absolute atomic E-state index is 12.0. The number of ether oxygens (including phenoxy) is 1. The van der Waals surface area contributed by atoms with Crippen LogP contribution in [0, 0.1) is 5.41 Å². The van der Waals surface area contributed by atoms with E-state index in [9.17, 15) is 14.4 Å². The number of rotatable bonds is 5. The second-order valence-corrected chi connectivity index (χ2v) is 5.87. The number of hydrogen-bond acceptors (Lipinski definition) is 4. The molecule has 0 aromatic rings. The number of esters is 1. The topological polar surface area (TPSA) is 60.4 Å². The van der Waals surface area contributed by atoms with Gasteiger partial charge in [0.1, 0.15) is 0 Å². The number of halogens is 2. The van der Waals surface area contributed by atoms with Crippen LogP contribution in [0.5, 0.6) is 0 Å². The van der Waals surface area contributed by atoms with Crippen molar-refractivity contribution in [1.82, 2.24) is 0 Å². The van der Waals surface area contributed by atoms with E-state index >= 15 is 0 Å². The van der Waals surface area contributed by atoms with Crippen LogP contribution in [0.1, 0.15) is 46.0 Å². The summed E-state index contributed by atoms with van der Waals surface area (Å²) in [5, 5.41) is -1.55. The van der Waals surface area contributed by atoms with Crippen molar-refractivity contribution in [3.63, 3.8) is 0 Å². The molecule has 0 saturated heterocycles. The van der Waals surface area contributed by atoms with Crippen LogP contribution in [-0.4, -0.2) is 22.1 Å². The number of carbonyl (C=O) groups excluding carboxylic acids is 3. The normalized spacial score (nSPS) is 29.6. The Morgan fingerprint density at radius 1 is 1.15 bits per heavy atom. The van der Waals surface area contributed by atoms with Crippen molar-refractivity contribution in [3.8, 4) is 0 Å². The lowest BCUT2D eigenvalue weighted by Crippen LogP contribution is -2.60. The summed E-state index contributed by atoms with van der Waals surface area (Å²) in [6.07, 6.45) is 2.20.